The number of hydrogen-bond acceptors (Lipinski definition) is 2. The summed E-state index contributed by atoms with van der Waals surface area (Å²) < 4.78 is 112. The molecule has 0 amide bonds. The van der Waals surface area contributed by atoms with Crippen molar-refractivity contribution in [3.05, 3.63) is 41.1 Å². The van der Waals surface area contributed by atoms with E-state index in [9.17, 15) is 44.3 Å². The lowest BCUT2D eigenvalue weighted by molar-refractivity contribution is -0.165. The normalized spacial score (nSPS) is 13.8. The summed E-state index contributed by atoms with van der Waals surface area (Å²) in [6.07, 6.45) is -15.4. The fraction of sp³-hybridized carbons (Fsp3) is 0.308. The summed E-state index contributed by atoms with van der Waals surface area (Å²) in [7, 11) is 0. The van der Waals surface area contributed by atoms with Gasteiger partial charge in [0.1, 0.15) is 0 Å². The number of alkyl halides is 9. The topological polar surface area (TPSA) is 29.1 Å². The number of carbonyl (C=O) groups excluding carboxylic acids is 1. The molecule has 0 aromatic heterocycles. The molecule has 134 valence electrons. The van der Waals surface area contributed by atoms with E-state index in [0.717, 1.165) is 6.92 Å². The van der Waals surface area contributed by atoms with Crippen molar-refractivity contribution >= 4 is 11.5 Å². The van der Waals surface area contributed by atoms with Crippen LogP contribution in [-0.2, 0) is 17.1 Å². The number of nitrogens with one attached hydrogen (secondary N) is 1. The summed E-state index contributed by atoms with van der Waals surface area (Å²) >= 11 is 0. The maximum Gasteiger partial charge on any atom is 0.454 e. The smallest absolute Gasteiger partial charge is 0.359 e. The van der Waals surface area contributed by atoms with Crippen molar-refractivity contribution in [2.45, 2.75) is 25.5 Å². The summed E-state index contributed by atoms with van der Waals surface area (Å²) in [4.78, 5) is 10.7. The molecule has 0 saturated carbocycles. The van der Waals surface area contributed by atoms with Crippen LogP contribution in [0.3, 0.4) is 0 Å². The predicted molar refractivity (Wildman–Crippen MR) is 64.9 cm³/mol. The van der Waals surface area contributed by atoms with E-state index in [2.05, 4.69) is 0 Å². The third-order valence-electron chi connectivity index (χ3n) is 2.56. The van der Waals surface area contributed by atoms with Gasteiger partial charge in [0.05, 0.1) is 11.1 Å². The van der Waals surface area contributed by atoms with Crippen molar-refractivity contribution < 1.29 is 44.3 Å². The van der Waals surface area contributed by atoms with E-state index in [4.69, 9.17) is 0 Å². The van der Waals surface area contributed by atoms with Crippen molar-refractivity contribution in [1.29, 1.82) is 0 Å². The molecule has 0 heterocycles. The first kappa shape index (κ1) is 19.8. The molecule has 0 aliphatic carbocycles. The molecule has 1 rings (SSSR count). The summed E-state index contributed by atoms with van der Waals surface area (Å²) in [5, 5.41) is 1.91. The first-order valence-electron chi connectivity index (χ1n) is 5.96. The summed E-state index contributed by atoms with van der Waals surface area (Å²) in [6.45, 7) is 0.886. The van der Waals surface area contributed by atoms with Gasteiger partial charge in [-0.1, -0.05) is 0 Å². The summed E-state index contributed by atoms with van der Waals surface area (Å²) in [6, 6.07) is 0.431. The molecular weight excluding hydrogens is 357 g/mol. The number of benzene rings is 1. The van der Waals surface area contributed by atoms with E-state index in [1.54, 1.807) is 0 Å². The molecule has 0 aliphatic rings. The zero-order valence-corrected chi connectivity index (χ0v) is 11.6. The molecule has 1 aromatic carbocycles. The molecule has 0 saturated heterocycles. The first-order valence-corrected chi connectivity index (χ1v) is 5.96. The van der Waals surface area contributed by atoms with E-state index in [0.29, 0.717) is 0 Å². The zero-order valence-electron chi connectivity index (χ0n) is 11.6. The largest absolute Gasteiger partial charge is 0.454 e. The number of allylic oxidation sites excluding steroid dienone is 2. The molecule has 1 aromatic rings. The van der Waals surface area contributed by atoms with Crippen LogP contribution >= 0.6 is 0 Å². The van der Waals surface area contributed by atoms with Crippen LogP contribution in [0.4, 0.5) is 45.2 Å². The standard InChI is InChI=1S/C13H8F9NO/c1-6(2-10(24)13(20,21)22)23-9-4-7(11(14,15)16)3-8(5-9)12(17,18)19/h2-5,23H,1H3/b6-2+. The molecular formula is C13H8F9NO. The van der Waals surface area contributed by atoms with Gasteiger partial charge in [-0.15, -0.1) is 0 Å². The Morgan fingerprint density at radius 2 is 1.29 bits per heavy atom. The van der Waals surface area contributed by atoms with Crippen molar-refractivity contribution in [3.8, 4) is 0 Å². The average Bonchev–Trinajstić information content (AvgIpc) is 2.34. The van der Waals surface area contributed by atoms with Gasteiger partial charge in [-0.05, 0) is 25.1 Å². The highest BCUT2D eigenvalue weighted by Crippen LogP contribution is 2.37. The highest BCUT2D eigenvalue weighted by Gasteiger charge is 2.38. The van der Waals surface area contributed by atoms with Crippen LogP contribution in [0.25, 0.3) is 0 Å². The molecule has 0 radical (unpaired) electrons. The van der Waals surface area contributed by atoms with E-state index in [1.807, 2.05) is 5.32 Å². The van der Waals surface area contributed by atoms with Gasteiger partial charge in [0.15, 0.2) is 0 Å². The van der Waals surface area contributed by atoms with Crippen molar-refractivity contribution in [2.75, 3.05) is 5.32 Å². The van der Waals surface area contributed by atoms with Crippen LogP contribution in [-0.4, -0.2) is 12.0 Å². The van der Waals surface area contributed by atoms with E-state index in [1.165, 1.54) is 0 Å². The summed E-state index contributed by atoms with van der Waals surface area (Å²) in [5.41, 5.74) is -4.63. The van der Waals surface area contributed by atoms with Gasteiger partial charge in [-0.2, -0.15) is 39.5 Å². The van der Waals surface area contributed by atoms with Crippen molar-refractivity contribution in [3.63, 3.8) is 0 Å². The van der Waals surface area contributed by atoms with Gasteiger partial charge in [0, 0.05) is 17.5 Å². The second kappa shape index (κ2) is 6.36. The van der Waals surface area contributed by atoms with Crippen LogP contribution < -0.4 is 5.32 Å². The third-order valence-corrected chi connectivity index (χ3v) is 2.56. The van der Waals surface area contributed by atoms with Gasteiger partial charge in [0.2, 0.25) is 0 Å². The Balaban J connectivity index is 3.25. The van der Waals surface area contributed by atoms with Gasteiger partial charge in [-0.25, -0.2) is 0 Å². The Kier molecular flexibility index (Phi) is 5.26. The van der Waals surface area contributed by atoms with Gasteiger partial charge in [0.25, 0.3) is 5.78 Å². The number of ketones is 1. The molecule has 0 atom stereocenters. The minimum absolute atomic E-state index is 0.0214. The molecule has 0 fully saturated rings. The monoisotopic (exact) mass is 365 g/mol. The van der Waals surface area contributed by atoms with Crippen LogP contribution in [0.15, 0.2) is 30.0 Å². The zero-order chi connectivity index (χ0) is 18.9. The Hall–Kier alpha value is -2.20. The second-order valence-corrected chi connectivity index (χ2v) is 4.61. The predicted octanol–water partition coefficient (Wildman–Crippen LogP) is 5.17. The molecule has 11 heteroatoms. The second-order valence-electron chi connectivity index (χ2n) is 4.61. The van der Waals surface area contributed by atoms with Crippen LogP contribution in [0.5, 0.6) is 0 Å². The van der Waals surface area contributed by atoms with Crippen molar-refractivity contribution in [1.82, 2.24) is 0 Å². The van der Waals surface area contributed by atoms with Crippen LogP contribution in [0.1, 0.15) is 18.1 Å². The van der Waals surface area contributed by atoms with Crippen molar-refractivity contribution in [2.24, 2.45) is 0 Å². The van der Waals surface area contributed by atoms with E-state index >= 15 is 0 Å². The Morgan fingerprint density at radius 3 is 1.62 bits per heavy atom. The Morgan fingerprint density at radius 1 is 0.875 bits per heavy atom. The molecule has 24 heavy (non-hydrogen) atoms. The molecule has 2 nitrogen and oxygen atoms in total. The minimum Gasteiger partial charge on any atom is -0.359 e. The van der Waals surface area contributed by atoms with E-state index < -0.39 is 46.8 Å². The minimum atomic E-state index is -5.21. The third kappa shape index (κ3) is 5.46. The van der Waals surface area contributed by atoms with Gasteiger partial charge < -0.3 is 5.32 Å². The Bertz CT molecular complexity index is 621. The molecule has 0 unspecified atom stereocenters. The lowest BCUT2D eigenvalue weighted by Gasteiger charge is -2.15. The SMILES string of the molecule is C/C(=C\C(=O)C(F)(F)F)Nc1cc(C(F)(F)F)cc(C(F)(F)F)c1. The number of anilines is 1. The van der Waals surface area contributed by atoms with Gasteiger partial charge in [-0.3, -0.25) is 4.79 Å². The highest BCUT2D eigenvalue weighted by molar-refractivity contribution is 5.95. The van der Waals surface area contributed by atoms with Gasteiger partial charge >= 0.3 is 18.5 Å². The average molecular weight is 365 g/mol. The molecule has 0 aliphatic heterocycles. The fourth-order valence-corrected chi connectivity index (χ4v) is 1.57. The van der Waals surface area contributed by atoms with E-state index in [-0.39, 0.29) is 24.3 Å². The highest BCUT2D eigenvalue weighted by atomic mass is 19.4. The molecule has 1 N–H and O–H groups in total. The number of carbonyl (C=O) groups is 1. The lowest BCUT2D eigenvalue weighted by Crippen LogP contribution is -2.21. The number of halogens is 9. The maximum absolute atomic E-state index is 12.6. The maximum atomic E-state index is 12.6. The van der Waals surface area contributed by atoms with Crippen LogP contribution in [0.2, 0.25) is 0 Å². The summed E-state index contributed by atoms with van der Waals surface area (Å²) in [5.74, 6) is -2.31. The van der Waals surface area contributed by atoms with Crippen LogP contribution in [0, 0.1) is 0 Å². The number of hydrogen-bond donors (Lipinski definition) is 1. The molecule has 0 bridgehead atoms. The number of rotatable bonds is 3. The molecule has 0 spiro atoms. The fourth-order valence-electron chi connectivity index (χ4n) is 1.57. The lowest BCUT2D eigenvalue weighted by atomic mass is 10.1. The Labute approximate surface area is 128 Å². The quantitative estimate of drug-likeness (QED) is 0.591. The first-order chi connectivity index (χ1) is 10.6.